The van der Waals surface area contributed by atoms with E-state index in [0.29, 0.717) is 25.5 Å². The van der Waals surface area contributed by atoms with Crippen molar-refractivity contribution in [3.05, 3.63) is 71.8 Å². The number of halogens is 1. The molecule has 0 fully saturated rings. The molecule has 1 amide bonds. The summed E-state index contributed by atoms with van der Waals surface area (Å²) in [4.78, 5) is 25.5. The van der Waals surface area contributed by atoms with E-state index in [1.54, 1.807) is 4.90 Å². The van der Waals surface area contributed by atoms with Gasteiger partial charge in [0.2, 0.25) is 5.91 Å². The topological polar surface area (TPSA) is 66.8 Å². The van der Waals surface area contributed by atoms with Crippen LogP contribution in [0.2, 0.25) is 0 Å². The summed E-state index contributed by atoms with van der Waals surface area (Å²) in [5, 5.41) is 10.9. The van der Waals surface area contributed by atoms with E-state index in [9.17, 15) is 9.59 Å². The number of carbonyl (C=O) groups is 2. The standard InChI is InChI=1S/C25H24ClNO4/c26-14-18-15-27(23(28)11-6-12-24(29)30)21-13-22(31-16-17-7-2-1-3-8-17)19-9-4-5-10-20(19)25(18)21/h1-5,7-10,13,18H,6,11-12,14-16H2,(H,29,30)/t18-/m1/s1. The molecule has 0 aromatic heterocycles. The molecule has 5 nitrogen and oxygen atoms in total. The molecule has 0 unspecified atom stereocenters. The third-order valence-corrected chi connectivity index (χ3v) is 6.01. The number of rotatable bonds is 8. The molecule has 0 saturated heterocycles. The van der Waals surface area contributed by atoms with Crippen molar-refractivity contribution in [2.75, 3.05) is 17.3 Å². The molecule has 1 aliphatic rings. The molecule has 6 heteroatoms. The van der Waals surface area contributed by atoms with E-state index in [2.05, 4.69) is 0 Å². The van der Waals surface area contributed by atoms with Gasteiger partial charge >= 0.3 is 5.97 Å². The minimum absolute atomic E-state index is 0.0193. The van der Waals surface area contributed by atoms with Crippen LogP contribution < -0.4 is 9.64 Å². The van der Waals surface area contributed by atoms with Crippen molar-refractivity contribution < 1.29 is 19.4 Å². The van der Waals surface area contributed by atoms with Crippen LogP contribution in [0.3, 0.4) is 0 Å². The van der Waals surface area contributed by atoms with Gasteiger partial charge in [0.15, 0.2) is 0 Å². The Labute approximate surface area is 186 Å². The lowest BCUT2D eigenvalue weighted by Gasteiger charge is -2.19. The van der Waals surface area contributed by atoms with Crippen molar-refractivity contribution >= 4 is 39.9 Å². The van der Waals surface area contributed by atoms with Gasteiger partial charge in [0.25, 0.3) is 0 Å². The van der Waals surface area contributed by atoms with Gasteiger partial charge in [0.1, 0.15) is 12.4 Å². The van der Waals surface area contributed by atoms with Gasteiger partial charge in [-0.2, -0.15) is 0 Å². The summed E-state index contributed by atoms with van der Waals surface area (Å²) in [6, 6.07) is 19.9. The predicted molar refractivity (Wildman–Crippen MR) is 122 cm³/mol. The highest BCUT2D eigenvalue weighted by atomic mass is 35.5. The second-order valence-corrected chi connectivity index (χ2v) is 8.04. The molecule has 1 aliphatic heterocycles. The van der Waals surface area contributed by atoms with Gasteiger partial charge < -0.3 is 14.7 Å². The number of nitrogens with zero attached hydrogens (tertiary/aromatic N) is 1. The number of alkyl halides is 1. The average molecular weight is 438 g/mol. The fraction of sp³-hybridized carbons (Fsp3) is 0.280. The maximum Gasteiger partial charge on any atom is 0.303 e. The van der Waals surface area contributed by atoms with Gasteiger partial charge in [-0.05, 0) is 22.9 Å². The maximum absolute atomic E-state index is 12.9. The lowest BCUT2D eigenvalue weighted by atomic mass is 9.95. The van der Waals surface area contributed by atoms with E-state index in [4.69, 9.17) is 21.4 Å². The van der Waals surface area contributed by atoms with Crippen molar-refractivity contribution in [1.82, 2.24) is 0 Å². The van der Waals surface area contributed by atoms with Crippen molar-refractivity contribution in [2.45, 2.75) is 31.8 Å². The molecular formula is C25H24ClNO4. The van der Waals surface area contributed by atoms with Gasteiger partial charge in [-0.15, -0.1) is 11.6 Å². The van der Waals surface area contributed by atoms with Crippen LogP contribution in [0.25, 0.3) is 10.8 Å². The zero-order valence-electron chi connectivity index (χ0n) is 17.1. The quantitative estimate of drug-likeness (QED) is 0.483. The van der Waals surface area contributed by atoms with E-state index in [-0.39, 0.29) is 24.7 Å². The first-order chi connectivity index (χ1) is 15.1. The minimum Gasteiger partial charge on any atom is -0.488 e. The van der Waals surface area contributed by atoms with Crippen molar-refractivity contribution in [3.63, 3.8) is 0 Å². The van der Waals surface area contributed by atoms with Crippen molar-refractivity contribution in [3.8, 4) is 5.75 Å². The Bertz CT molecular complexity index is 1100. The largest absolute Gasteiger partial charge is 0.488 e. The van der Waals surface area contributed by atoms with Crippen LogP contribution >= 0.6 is 11.6 Å². The molecule has 0 aliphatic carbocycles. The molecule has 0 spiro atoms. The number of ether oxygens (including phenoxy) is 1. The molecule has 1 N–H and O–H groups in total. The Morgan fingerprint density at radius 3 is 2.45 bits per heavy atom. The summed E-state index contributed by atoms with van der Waals surface area (Å²) >= 11 is 6.29. The lowest BCUT2D eigenvalue weighted by Crippen LogP contribution is -2.30. The summed E-state index contributed by atoms with van der Waals surface area (Å²) in [6.07, 6.45) is 0.485. The van der Waals surface area contributed by atoms with Crippen LogP contribution in [0.5, 0.6) is 5.75 Å². The van der Waals surface area contributed by atoms with Crippen molar-refractivity contribution in [1.29, 1.82) is 0 Å². The molecule has 0 bridgehead atoms. The molecular weight excluding hydrogens is 414 g/mol. The second kappa shape index (κ2) is 9.40. The van der Waals surface area contributed by atoms with E-state index in [1.165, 1.54) is 0 Å². The highest BCUT2D eigenvalue weighted by molar-refractivity contribution is 6.19. The smallest absolute Gasteiger partial charge is 0.303 e. The molecule has 3 aromatic rings. The van der Waals surface area contributed by atoms with Crippen LogP contribution in [0, 0.1) is 0 Å². The van der Waals surface area contributed by atoms with Gasteiger partial charge in [0, 0.05) is 42.6 Å². The van der Waals surface area contributed by atoms with Gasteiger partial charge in [-0.25, -0.2) is 0 Å². The second-order valence-electron chi connectivity index (χ2n) is 7.73. The highest BCUT2D eigenvalue weighted by Crippen LogP contribution is 2.45. The first-order valence-electron chi connectivity index (χ1n) is 10.4. The molecule has 0 radical (unpaired) electrons. The Hall–Kier alpha value is -3.05. The Morgan fingerprint density at radius 2 is 1.74 bits per heavy atom. The molecule has 1 heterocycles. The number of amides is 1. The van der Waals surface area contributed by atoms with E-state index in [1.807, 2.05) is 60.7 Å². The zero-order chi connectivity index (χ0) is 21.8. The fourth-order valence-corrected chi connectivity index (χ4v) is 4.41. The van der Waals surface area contributed by atoms with Gasteiger partial charge in [-0.1, -0.05) is 54.6 Å². The summed E-state index contributed by atoms with van der Waals surface area (Å²) < 4.78 is 6.19. The Morgan fingerprint density at radius 1 is 1.03 bits per heavy atom. The molecule has 0 saturated carbocycles. The number of aliphatic carboxylic acids is 1. The number of carboxylic acids is 1. The number of anilines is 1. The first-order valence-corrected chi connectivity index (χ1v) is 10.9. The van der Waals surface area contributed by atoms with Crippen LogP contribution in [0.15, 0.2) is 60.7 Å². The lowest BCUT2D eigenvalue weighted by molar-refractivity contribution is -0.137. The number of benzene rings is 3. The van der Waals surface area contributed by atoms with Crippen LogP contribution in [0.1, 0.15) is 36.3 Å². The van der Waals surface area contributed by atoms with E-state index in [0.717, 1.165) is 33.3 Å². The number of hydrogen-bond acceptors (Lipinski definition) is 3. The van der Waals surface area contributed by atoms with Gasteiger partial charge in [-0.3, -0.25) is 9.59 Å². The van der Waals surface area contributed by atoms with Gasteiger partial charge in [0.05, 0.1) is 5.69 Å². The predicted octanol–water partition coefficient (Wildman–Crippen LogP) is 5.34. The zero-order valence-corrected chi connectivity index (χ0v) is 17.8. The van der Waals surface area contributed by atoms with E-state index >= 15 is 0 Å². The molecule has 1 atom stereocenters. The normalized spacial score (nSPS) is 15.1. The number of carbonyl (C=O) groups excluding carboxylic acids is 1. The number of hydrogen-bond donors (Lipinski definition) is 1. The molecule has 3 aromatic carbocycles. The van der Waals surface area contributed by atoms with Crippen LogP contribution in [-0.4, -0.2) is 29.4 Å². The number of fused-ring (bicyclic) bond motifs is 3. The maximum atomic E-state index is 12.9. The SMILES string of the molecule is O=C(O)CCCC(=O)N1C[C@@H](CCl)c2c1cc(OCc1ccccc1)c1ccccc21. The van der Waals surface area contributed by atoms with Crippen LogP contribution in [-0.2, 0) is 16.2 Å². The summed E-state index contributed by atoms with van der Waals surface area (Å²) in [5.74, 6) is 0.167. The molecule has 31 heavy (non-hydrogen) atoms. The average Bonchev–Trinajstić information content (AvgIpc) is 3.17. The summed E-state index contributed by atoms with van der Waals surface area (Å²) in [6.45, 7) is 0.923. The third-order valence-electron chi connectivity index (χ3n) is 5.63. The summed E-state index contributed by atoms with van der Waals surface area (Å²) in [7, 11) is 0. The number of carboxylic acid groups (broad SMARTS) is 1. The van der Waals surface area contributed by atoms with Crippen molar-refractivity contribution in [2.24, 2.45) is 0 Å². The third kappa shape index (κ3) is 4.52. The molecule has 4 rings (SSSR count). The summed E-state index contributed by atoms with van der Waals surface area (Å²) in [5.41, 5.74) is 2.93. The molecule has 160 valence electrons. The minimum atomic E-state index is -0.893. The first kappa shape index (κ1) is 21.2. The fourth-order valence-electron chi connectivity index (χ4n) is 4.16. The Balaban J connectivity index is 1.69. The highest BCUT2D eigenvalue weighted by Gasteiger charge is 2.34. The Kier molecular flexibility index (Phi) is 6.42. The van der Waals surface area contributed by atoms with Crippen LogP contribution in [0.4, 0.5) is 5.69 Å². The van der Waals surface area contributed by atoms with E-state index < -0.39 is 5.97 Å². The monoisotopic (exact) mass is 437 g/mol.